The second kappa shape index (κ2) is 10.3. The predicted molar refractivity (Wildman–Crippen MR) is 117 cm³/mol. The van der Waals surface area contributed by atoms with Gasteiger partial charge in [0.05, 0.1) is 16.8 Å². The molecule has 1 aromatic heterocycles. The van der Waals surface area contributed by atoms with E-state index < -0.39 is 0 Å². The third-order valence-electron chi connectivity index (χ3n) is 4.40. The molecule has 2 aromatic carbocycles. The number of anilines is 1. The van der Waals surface area contributed by atoms with Crippen molar-refractivity contribution in [1.29, 1.82) is 0 Å². The Balaban J connectivity index is 1.60. The molecule has 0 atom stereocenters. The van der Waals surface area contributed by atoms with E-state index in [2.05, 4.69) is 46.1 Å². The molecule has 148 valence electrons. The Labute approximate surface area is 170 Å². The molecule has 28 heavy (non-hydrogen) atoms. The van der Waals surface area contributed by atoms with Crippen molar-refractivity contribution in [1.82, 2.24) is 9.55 Å². The summed E-state index contributed by atoms with van der Waals surface area (Å²) >= 11 is 1.61. The van der Waals surface area contributed by atoms with Crippen molar-refractivity contribution in [2.75, 3.05) is 24.3 Å². The molecule has 0 aliphatic rings. The van der Waals surface area contributed by atoms with Gasteiger partial charge in [-0.1, -0.05) is 42.0 Å². The lowest BCUT2D eigenvalue weighted by Crippen LogP contribution is -2.18. The highest BCUT2D eigenvalue weighted by Crippen LogP contribution is 2.21. The minimum absolute atomic E-state index is 0.0292. The molecule has 0 bridgehead atoms. The smallest absolute Gasteiger partial charge is 0.236 e. The van der Waals surface area contributed by atoms with Gasteiger partial charge in [-0.3, -0.25) is 10.1 Å². The summed E-state index contributed by atoms with van der Waals surface area (Å²) in [6, 6.07) is 16.4. The molecule has 0 spiro atoms. The zero-order chi connectivity index (χ0) is 19.8. The first-order valence-electron chi connectivity index (χ1n) is 9.63. The van der Waals surface area contributed by atoms with E-state index in [1.807, 2.05) is 31.2 Å². The lowest BCUT2D eigenvalue weighted by atomic mass is 10.2. The number of carbonyl (C=O) groups is 1. The summed E-state index contributed by atoms with van der Waals surface area (Å²) in [6.45, 7) is 6.24. The summed E-state index contributed by atoms with van der Waals surface area (Å²) in [5.74, 6) is 1.80. The van der Waals surface area contributed by atoms with Gasteiger partial charge in [-0.15, -0.1) is 11.8 Å². The van der Waals surface area contributed by atoms with E-state index in [0.29, 0.717) is 24.9 Å². The number of aromatic nitrogens is 2. The molecule has 0 aliphatic carbocycles. The number of hydrogen-bond donors (Lipinski definition) is 1. The summed E-state index contributed by atoms with van der Waals surface area (Å²) in [4.78, 5) is 17.1. The fraction of sp³-hybridized carbons (Fsp3) is 0.364. The molecule has 0 saturated carbocycles. The fourth-order valence-electron chi connectivity index (χ4n) is 2.97. The monoisotopic (exact) mass is 397 g/mol. The fourth-order valence-corrected chi connectivity index (χ4v) is 3.76. The Hall–Kier alpha value is -2.31. The minimum atomic E-state index is -0.0292. The number of fused-ring (bicyclic) bond motifs is 1. The van der Waals surface area contributed by atoms with Crippen LogP contribution in [-0.2, 0) is 21.8 Å². The number of rotatable bonds is 10. The number of hydrogen-bond acceptors (Lipinski definition) is 4. The van der Waals surface area contributed by atoms with Crippen molar-refractivity contribution < 1.29 is 9.53 Å². The second-order valence-corrected chi connectivity index (χ2v) is 7.64. The molecular weight excluding hydrogens is 370 g/mol. The third kappa shape index (κ3) is 5.59. The van der Waals surface area contributed by atoms with E-state index in [4.69, 9.17) is 4.74 Å². The number of ether oxygens (including phenoxy) is 1. The maximum Gasteiger partial charge on any atom is 0.236 e. The molecule has 5 nitrogen and oxygen atoms in total. The maximum absolute atomic E-state index is 12.5. The van der Waals surface area contributed by atoms with E-state index in [1.54, 1.807) is 11.8 Å². The average Bonchev–Trinajstić information content (AvgIpc) is 3.04. The van der Waals surface area contributed by atoms with Gasteiger partial charge in [-0.2, -0.15) is 0 Å². The molecule has 0 fully saturated rings. The Morgan fingerprint density at radius 3 is 2.75 bits per heavy atom. The first-order chi connectivity index (χ1) is 13.7. The molecule has 3 aromatic rings. The van der Waals surface area contributed by atoms with Crippen molar-refractivity contribution in [3.63, 3.8) is 0 Å². The number of aryl methyl sites for hydroxylation is 2. The van der Waals surface area contributed by atoms with Gasteiger partial charge in [-0.25, -0.2) is 4.98 Å². The van der Waals surface area contributed by atoms with Gasteiger partial charge in [-0.05, 0) is 38.0 Å². The highest BCUT2D eigenvalue weighted by molar-refractivity contribution is 7.99. The van der Waals surface area contributed by atoms with E-state index in [0.717, 1.165) is 29.8 Å². The van der Waals surface area contributed by atoms with Gasteiger partial charge >= 0.3 is 0 Å². The van der Waals surface area contributed by atoms with E-state index in [9.17, 15) is 4.79 Å². The molecule has 0 unspecified atom stereocenters. The highest BCUT2D eigenvalue weighted by atomic mass is 32.2. The quantitative estimate of drug-likeness (QED) is 0.506. The number of imidazole rings is 1. The number of nitrogens with one attached hydrogen (secondary N) is 1. The topological polar surface area (TPSA) is 56.1 Å². The Bertz CT molecular complexity index is 906. The van der Waals surface area contributed by atoms with Crippen molar-refractivity contribution in [2.24, 2.45) is 0 Å². The van der Waals surface area contributed by atoms with E-state index in [1.165, 1.54) is 11.1 Å². The molecule has 0 aliphatic heterocycles. The van der Waals surface area contributed by atoms with Crippen LogP contribution in [0.2, 0.25) is 0 Å². The van der Waals surface area contributed by atoms with Gasteiger partial charge in [0, 0.05) is 25.5 Å². The lowest BCUT2D eigenvalue weighted by Gasteiger charge is -2.10. The van der Waals surface area contributed by atoms with Crippen LogP contribution in [0.25, 0.3) is 11.0 Å². The Morgan fingerprint density at radius 1 is 1.18 bits per heavy atom. The molecule has 1 N–H and O–H groups in total. The summed E-state index contributed by atoms with van der Waals surface area (Å²) in [7, 11) is 0. The van der Waals surface area contributed by atoms with Crippen LogP contribution in [-0.4, -0.2) is 34.4 Å². The highest BCUT2D eigenvalue weighted by Gasteiger charge is 2.13. The molecule has 3 rings (SSSR count). The number of amides is 1. The zero-order valence-electron chi connectivity index (χ0n) is 16.5. The predicted octanol–water partition coefficient (Wildman–Crippen LogP) is 4.64. The standard InChI is InChI=1S/C22H27N3O2S/c1-3-27-14-6-13-25-20-8-5-4-7-19(20)23-22(25)24-21(26)16-28-15-18-11-9-17(2)10-12-18/h4-5,7-12H,3,6,13-16H2,1-2H3,(H,23,24,26). The Morgan fingerprint density at radius 2 is 1.96 bits per heavy atom. The zero-order valence-corrected chi connectivity index (χ0v) is 17.3. The van der Waals surface area contributed by atoms with Crippen LogP contribution in [0, 0.1) is 6.92 Å². The van der Waals surface area contributed by atoms with Crippen LogP contribution < -0.4 is 5.32 Å². The van der Waals surface area contributed by atoms with Crippen LogP contribution in [0.3, 0.4) is 0 Å². The van der Waals surface area contributed by atoms with Crippen LogP contribution in [0.5, 0.6) is 0 Å². The first-order valence-corrected chi connectivity index (χ1v) is 10.8. The summed E-state index contributed by atoms with van der Waals surface area (Å²) in [5.41, 5.74) is 4.39. The SMILES string of the molecule is CCOCCCn1c(NC(=O)CSCc2ccc(C)cc2)nc2ccccc21. The van der Waals surface area contributed by atoms with Crippen molar-refractivity contribution in [3.05, 3.63) is 59.7 Å². The van der Waals surface area contributed by atoms with E-state index >= 15 is 0 Å². The number of para-hydroxylation sites is 2. The van der Waals surface area contributed by atoms with Gasteiger partial charge < -0.3 is 9.30 Å². The van der Waals surface area contributed by atoms with Crippen molar-refractivity contribution >= 4 is 34.7 Å². The number of thioether (sulfide) groups is 1. The average molecular weight is 398 g/mol. The van der Waals surface area contributed by atoms with Crippen LogP contribution >= 0.6 is 11.8 Å². The van der Waals surface area contributed by atoms with Gasteiger partial charge in [0.2, 0.25) is 11.9 Å². The van der Waals surface area contributed by atoms with Crippen LogP contribution in [0.1, 0.15) is 24.5 Å². The summed E-state index contributed by atoms with van der Waals surface area (Å²) in [6.07, 6.45) is 0.874. The molecular formula is C22H27N3O2S. The molecule has 6 heteroatoms. The van der Waals surface area contributed by atoms with Crippen molar-refractivity contribution in [2.45, 2.75) is 32.6 Å². The van der Waals surface area contributed by atoms with Crippen molar-refractivity contribution in [3.8, 4) is 0 Å². The van der Waals surface area contributed by atoms with Crippen LogP contribution in [0.4, 0.5) is 5.95 Å². The molecule has 1 heterocycles. The van der Waals surface area contributed by atoms with Gasteiger partial charge in [0.25, 0.3) is 0 Å². The van der Waals surface area contributed by atoms with Gasteiger partial charge in [0.15, 0.2) is 0 Å². The maximum atomic E-state index is 12.5. The minimum Gasteiger partial charge on any atom is -0.382 e. The summed E-state index contributed by atoms with van der Waals surface area (Å²) in [5, 5.41) is 2.99. The second-order valence-electron chi connectivity index (χ2n) is 6.65. The number of carbonyl (C=O) groups excluding carboxylic acids is 1. The largest absolute Gasteiger partial charge is 0.382 e. The lowest BCUT2D eigenvalue weighted by molar-refractivity contribution is -0.113. The normalized spacial score (nSPS) is 11.1. The third-order valence-corrected chi connectivity index (χ3v) is 5.41. The van der Waals surface area contributed by atoms with Crippen LogP contribution in [0.15, 0.2) is 48.5 Å². The van der Waals surface area contributed by atoms with Gasteiger partial charge in [0.1, 0.15) is 0 Å². The molecule has 0 radical (unpaired) electrons. The number of benzene rings is 2. The Kier molecular flexibility index (Phi) is 7.51. The molecule has 0 saturated heterocycles. The van der Waals surface area contributed by atoms with E-state index in [-0.39, 0.29) is 5.91 Å². The molecule has 1 amide bonds. The summed E-state index contributed by atoms with van der Waals surface area (Å²) < 4.78 is 7.51. The first kappa shape index (κ1) is 20.4. The number of nitrogens with zero attached hydrogens (tertiary/aromatic N) is 2.